The van der Waals surface area contributed by atoms with Crippen LogP contribution in [0.3, 0.4) is 0 Å². The van der Waals surface area contributed by atoms with E-state index in [0.717, 1.165) is 5.56 Å². The number of nitrogens with one attached hydrogen (secondary N) is 1. The van der Waals surface area contributed by atoms with Gasteiger partial charge in [0.25, 0.3) is 0 Å². The van der Waals surface area contributed by atoms with Crippen LogP contribution in [0.25, 0.3) is 10.8 Å². The molecule has 1 atom stereocenters. The van der Waals surface area contributed by atoms with E-state index in [9.17, 15) is 13.5 Å². The molecule has 0 saturated carbocycles. The van der Waals surface area contributed by atoms with E-state index in [1.165, 1.54) is 10.8 Å². The van der Waals surface area contributed by atoms with Gasteiger partial charge in [-0.2, -0.15) is 0 Å². The Hall–Kier alpha value is -1.43. The fourth-order valence-electron chi connectivity index (χ4n) is 3.11. The van der Waals surface area contributed by atoms with Crippen LogP contribution in [-0.2, 0) is 16.3 Å². The number of rotatable bonds is 5. The summed E-state index contributed by atoms with van der Waals surface area (Å²) in [5.41, 5.74) is 1.12. The Morgan fingerprint density at radius 2 is 1.78 bits per heavy atom. The van der Waals surface area contributed by atoms with E-state index in [2.05, 4.69) is 35.6 Å². The van der Waals surface area contributed by atoms with E-state index in [-0.39, 0.29) is 17.5 Å². The molecule has 2 aromatic carbocycles. The predicted octanol–water partition coefficient (Wildman–Crippen LogP) is 1.91. The first kappa shape index (κ1) is 16.4. The molecule has 0 aliphatic carbocycles. The van der Waals surface area contributed by atoms with Gasteiger partial charge in [-0.1, -0.05) is 42.5 Å². The van der Waals surface area contributed by atoms with Gasteiger partial charge in [-0.15, -0.1) is 0 Å². The molecule has 4 nitrogen and oxygen atoms in total. The van der Waals surface area contributed by atoms with Gasteiger partial charge in [0.1, 0.15) is 9.84 Å². The van der Waals surface area contributed by atoms with Crippen molar-refractivity contribution in [2.75, 3.05) is 18.1 Å². The van der Waals surface area contributed by atoms with Crippen molar-refractivity contribution in [3.8, 4) is 0 Å². The Bertz CT molecular complexity index is 759. The smallest absolute Gasteiger partial charge is 0.150 e. The van der Waals surface area contributed by atoms with Gasteiger partial charge in [0.05, 0.1) is 17.6 Å². The molecule has 2 N–H and O–H groups in total. The third kappa shape index (κ3) is 4.53. The zero-order chi connectivity index (χ0) is 16.3. The number of hydrogen-bond donors (Lipinski definition) is 2. The molecule has 1 saturated heterocycles. The average Bonchev–Trinajstić information content (AvgIpc) is 2.54. The lowest BCUT2D eigenvalue weighted by atomic mass is 10.0. The average molecular weight is 333 g/mol. The number of aliphatic hydroxyl groups excluding tert-OH is 1. The number of aliphatic hydroxyl groups is 1. The summed E-state index contributed by atoms with van der Waals surface area (Å²) in [6.07, 6.45) is 1.42. The molecule has 23 heavy (non-hydrogen) atoms. The van der Waals surface area contributed by atoms with Crippen LogP contribution >= 0.6 is 0 Å². The minimum Gasteiger partial charge on any atom is -0.391 e. The Balaban J connectivity index is 1.51. The molecule has 0 amide bonds. The monoisotopic (exact) mass is 333 g/mol. The van der Waals surface area contributed by atoms with Crippen molar-refractivity contribution >= 4 is 20.6 Å². The highest BCUT2D eigenvalue weighted by atomic mass is 32.2. The highest BCUT2D eigenvalue weighted by Gasteiger charge is 2.23. The van der Waals surface area contributed by atoms with E-state index < -0.39 is 15.9 Å². The van der Waals surface area contributed by atoms with E-state index >= 15 is 0 Å². The third-order valence-electron chi connectivity index (χ3n) is 4.48. The first-order valence-corrected chi connectivity index (χ1v) is 9.93. The fraction of sp³-hybridized carbons (Fsp3) is 0.444. The quantitative estimate of drug-likeness (QED) is 0.877. The van der Waals surface area contributed by atoms with Crippen LogP contribution in [0.2, 0.25) is 0 Å². The summed E-state index contributed by atoms with van der Waals surface area (Å²) < 4.78 is 22.8. The van der Waals surface area contributed by atoms with Crippen molar-refractivity contribution in [2.45, 2.75) is 31.4 Å². The summed E-state index contributed by atoms with van der Waals surface area (Å²) in [5.74, 6) is 0.511. The summed E-state index contributed by atoms with van der Waals surface area (Å²) in [4.78, 5) is 0. The van der Waals surface area contributed by atoms with E-state index in [4.69, 9.17) is 0 Å². The molecule has 2 aromatic rings. The summed E-state index contributed by atoms with van der Waals surface area (Å²) >= 11 is 0. The second-order valence-corrected chi connectivity index (χ2v) is 8.68. The number of fused-ring (bicyclic) bond motifs is 1. The van der Waals surface area contributed by atoms with Gasteiger partial charge < -0.3 is 10.4 Å². The number of sulfone groups is 1. The molecule has 1 unspecified atom stereocenters. The number of hydrogen-bond acceptors (Lipinski definition) is 4. The Morgan fingerprint density at radius 1 is 1.09 bits per heavy atom. The number of benzene rings is 2. The van der Waals surface area contributed by atoms with Gasteiger partial charge in [-0.05, 0) is 35.6 Å². The molecule has 0 spiro atoms. The lowest BCUT2D eigenvalue weighted by molar-refractivity contribution is 0.166. The summed E-state index contributed by atoms with van der Waals surface area (Å²) in [6.45, 7) is 0.498. The van der Waals surface area contributed by atoms with E-state index in [0.29, 0.717) is 25.8 Å². The van der Waals surface area contributed by atoms with Crippen molar-refractivity contribution in [2.24, 2.45) is 0 Å². The molecule has 0 bridgehead atoms. The molecule has 1 fully saturated rings. The molecule has 5 heteroatoms. The Kier molecular flexibility index (Phi) is 4.99. The second-order valence-electron chi connectivity index (χ2n) is 6.37. The topological polar surface area (TPSA) is 66.4 Å². The van der Waals surface area contributed by atoms with Gasteiger partial charge in [0, 0.05) is 12.6 Å². The first-order chi connectivity index (χ1) is 11.0. The minimum absolute atomic E-state index is 0.199. The van der Waals surface area contributed by atoms with Crippen LogP contribution in [-0.4, -0.2) is 43.7 Å². The molecular formula is C18H23NO3S. The Morgan fingerprint density at radius 3 is 2.52 bits per heavy atom. The van der Waals surface area contributed by atoms with Crippen LogP contribution in [0.5, 0.6) is 0 Å². The third-order valence-corrected chi connectivity index (χ3v) is 6.20. The predicted molar refractivity (Wildman–Crippen MR) is 93.3 cm³/mol. The van der Waals surface area contributed by atoms with Gasteiger partial charge in [-0.3, -0.25) is 0 Å². The maximum Gasteiger partial charge on any atom is 0.150 e. The Labute approximate surface area is 137 Å². The van der Waals surface area contributed by atoms with Gasteiger partial charge in [0.15, 0.2) is 0 Å². The molecule has 1 aliphatic rings. The van der Waals surface area contributed by atoms with Crippen molar-refractivity contribution in [3.63, 3.8) is 0 Å². The largest absolute Gasteiger partial charge is 0.391 e. The fourth-order valence-corrected chi connectivity index (χ4v) is 4.60. The SMILES string of the molecule is O=S1(=O)CCC(NCC(O)Cc2ccc3ccccc3c2)CC1. The van der Waals surface area contributed by atoms with Crippen LogP contribution in [0.1, 0.15) is 18.4 Å². The molecule has 0 radical (unpaired) electrons. The highest BCUT2D eigenvalue weighted by Crippen LogP contribution is 2.17. The second kappa shape index (κ2) is 6.99. The van der Waals surface area contributed by atoms with Crippen LogP contribution < -0.4 is 5.32 Å². The molecule has 1 aliphatic heterocycles. The maximum atomic E-state index is 11.4. The minimum atomic E-state index is -2.83. The molecule has 124 valence electrons. The summed E-state index contributed by atoms with van der Waals surface area (Å²) in [6, 6.07) is 14.6. The van der Waals surface area contributed by atoms with E-state index in [1.807, 2.05) is 12.1 Å². The molecular weight excluding hydrogens is 310 g/mol. The summed E-state index contributed by atoms with van der Waals surface area (Å²) in [7, 11) is -2.83. The van der Waals surface area contributed by atoms with Gasteiger partial charge in [-0.25, -0.2) is 8.42 Å². The molecule has 1 heterocycles. The standard InChI is InChI=1S/C18H23NO3S/c20-18(13-19-17-7-9-23(21,22)10-8-17)12-14-5-6-15-3-1-2-4-16(15)11-14/h1-6,11,17-20H,7-10,12-13H2. The van der Waals surface area contributed by atoms with E-state index in [1.54, 1.807) is 0 Å². The van der Waals surface area contributed by atoms with Crippen LogP contribution in [0, 0.1) is 0 Å². The van der Waals surface area contributed by atoms with Crippen molar-refractivity contribution in [1.29, 1.82) is 0 Å². The highest BCUT2D eigenvalue weighted by molar-refractivity contribution is 7.91. The lowest BCUT2D eigenvalue weighted by Crippen LogP contribution is -2.41. The lowest BCUT2D eigenvalue weighted by Gasteiger charge is -2.24. The zero-order valence-electron chi connectivity index (χ0n) is 13.1. The van der Waals surface area contributed by atoms with Gasteiger partial charge in [0.2, 0.25) is 0 Å². The molecule has 3 rings (SSSR count). The van der Waals surface area contributed by atoms with Crippen molar-refractivity contribution in [3.05, 3.63) is 48.0 Å². The van der Waals surface area contributed by atoms with Crippen LogP contribution in [0.4, 0.5) is 0 Å². The van der Waals surface area contributed by atoms with Crippen molar-refractivity contribution < 1.29 is 13.5 Å². The zero-order valence-corrected chi connectivity index (χ0v) is 13.9. The first-order valence-electron chi connectivity index (χ1n) is 8.11. The van der Waals surface area contributed by atoms with Crippen molar-refractivity contribution in [1.82, 2.24) is 5.32 Å². The summed E-state index contributed by atoms with van der Waals surface area (Å²) in [5, 5.41) is 15.9. The van der Waals surface area contributed by atoms with Crippen LogP contribution in [0.15, 0.2) is 42.5 Å². The van der Waals surface area contributed by atoms with Gasteiger partial charge >= 0.3 is 0 Å². The molecule has 0 aromatic heterocycles. The maximum absolute atomic E-state index is 11.4. The normalized spacial score (nSPS) is 19.7.